The van der Waals surface area contributed by atoms with E-state index in [1.165, 1.54) is 32.3 Å². The van der Waals surface area contributed by atoms with Crippen molar-refractivity contribution in [2.24, 2.45) is 0 Å². The SMILES string of the molecule is CC(C)(Oc1cccc(C2CCCN(C(=O)OCc3ccc(C4CC4)cc3)C2)c1)C(=O)O. The van der Waals surface area contributed by atoms with Crippen molar-refractivity contribution < 1.29 is 24.2 Å². The maximum absolute atomic E-state index is 12.7. The molecule has 6 heteroatoms. The molecule has 1 atom stereocenters. The monoisotopic (exact) mass is 437 g/mol. The topological polar surface area (TPSA) is 76.1 Å². The van der Waals surface area contributed by atoms with E-state index in [9.17, 15) is 14.7 Å². The second kappa shape index (κ2) is 9.23. The zero-order chi connectivity index (χ0) is 22.7. The van der Waals surface area contributed by atoms with Crippen molar-refractivity contribution in [1.29, 1.82) is 0 Å². The van der Waals surface area contributed by atoms with Crippen LogP contribution in [0.4, 0.5) is 4.79 Å². The number of carbonyl (C=O) groups is 2. The average Bonchev–Trinajstić information content (AvgIpc) is 3.63. The molecule has 1 aliphatic heterocycles. The summed E-state index contributed by atoms with van der Waals surface area (Å²) in [7, 11) is 0. The minimum absolute atomic E-state index is 0.158. The van der Waals surface area contributed by atoms with Gasteiger partial charge in [-0.2, -0.15) is 0 Å². The summed E-state index contributed by atoms with van der Waals surface area (Å²) in [5, 5.41) is 9.31. The number of carbonyl (C=O) groups excluding carboxylic acids is 1. The fraction of sp³-hybridized carbons (Fsp3) is 0.462. The first kappa shape index (κ1) is 22.2. The summed E-state index contributed by atoms with van der Waals surface area (Å²) in [6.45, 7) is 4.58. The molecule has 0 aromatic heterocycles. The van der Waals surface area contributed by atoms with Gasteiger partial charge in [0, 0.05) is 19.0 Å². The molecule has 6 nitrogen and oxygen atoms in total. The van der Waals surface area contributed by atoms with Gasteiger partial charge in [-0.05, 0) is 74.3 Å². The van der Waals surface area contributed by atoms with Crippen LogP contribution in [0.1, 0.15) is 68.1 Å². The van der Waals surface area contributed by atoms with E-state index < -0.39 is 11.6 Å². The van der Waals surface area contributed by atoms with E-state index in [0.29, 0.717) is 18.8 Å². The fourth-order valence-electron chi connectivity index (χ4n) is 4.12. The lowest BCUT2D eigenvalue weighted by atomic mass is 9.90. The number of rotatable bonds is 7. The van der Waals surface area contributed by atoms with E-state index in [1.54, 1.807) is 11.0 Å². The molecule has 2 aromatic rings. The Morgan fingerprint density at radius 2 is 1.78 bits per heavy atom. The van der Waals surface area contributed by atoms with Gasteiger partial charge in [0.15, 0.2) is 5.60 Å². The standard InChI is InChI=1S/C26H31NO5/c1-26(2,24(28)29)32-23-7-3-5-21(15-23)22-6-4-14-27(16-22)25(30)31-17-18-8-10-19(11-9-18)20-12-13-20/h3,5,7-11,15,20,22H,4,6,12-14,16-17H2,1-2H3,(H,28,29). The summed E-state index contributed by atoms with van der Waals surface area (Å²) in [5.41, 5.74) is 2.11. The molecule has 1 amide bonds. The third kappa shape index (κ3) is 5.42. The quantitative estimate of drug-likeness (QED) is 0.634. The molecule has 2 fully saturated rings. The molecule has 1 unspecified atom stereocenters. The predicted molar refractivity (Wildman–Crippen MR) is 121 cm³/mol. The largest absolute Gasteiger partial charge is 0.478 e. The number of hydrogen-bond donors (Lipinski definition) is 1. The second-order valence-corrected chi connectivity index (χ2v) is 9.35. The van der Waals surface area contributed by atoms with Crippen LogP contribution < -0.4 is 4.74 Å². The number of carboxylic acid groups (broad SMARTS) is 1. The van der Waals surface area contributed by atoms with E-state index in [0.717, 1.165) is 29.9 Å². The lowest BCUT2D eigenvalue weighted by Gasteiger charge is -2.32. The van der Waals surface area contributed by atoms with Crippen molar-refractivity contribution in [2.45, 2.75) is 63.6 Å². The van der Waals surface area contributed by atoms with Gasteiger partial charge in [0.2, 0.25) is 0 Å². The molecule has 2 aliphatic rings. The first-order valence-electron chi connectivity index (χ1n) is 11.3. The Balaban J connectivity index is 1.34. The van der Waals surface area contributed by atoms with Crippen molar-refractivity contribution in [3.63, 3.8) is 0 Å². The second-order valence-electron chi connectivity index (χ2n) is 9.35. The molecule has 2 aromatic carbocycles. The van der Waals surface area contributed by atoms with Crippen LogP contribution in [-0.2, 0) is 16.1 Å². The molecule has 0 bridgehead atoms. The molecule has 1 saturated heterocycles. The van der Waals surface area contributed by atoms with Crippen LogP contribution in [0.15, 0.2) is 48.5 Å². The Labute approximate surface area is 189 Å². The number of likely N-dealkylation sites (tertiary alicyclic amines) is 1. The van der Waals surface area contributed by atoms with Crippen LogP contribution in [0.3, 0.4) is 0 Å². The number of piperidine rings is 1. The van der Waals surface area contributed by atoms with Gasteiger partial charge < -0.3 is 19.5 Å². The number of aliphatic carboxylic acids is 1. The molecule has 1 N–H and O–H groups in total. The van der Waals surface area contributed by atoms with E-state index in [-0.39, 0.29) is 18.6 Å². The first-order chi connectivity index (χ1) is 15.3. The number of benzene rings is 2. The predicted octanol–water partition coefficient (Wildman–Crippen LogP) is 5.32. The maximum atomic E-state index is 12.7. The first-order valence-corrected chi connectivity index (χ1v) is 11.3. The molecule has 1 aliphatic carbocycles. The number of amides is 1. The summed E-state index contributed by atoms with van der Waals surface area (Å²) in [4.78, 5) is 25.8. The van der Waals surface area contributed by atoms with Gasteiger partial charge in [0.05, 0.1) is 0 Å². The van der Waals surface area contributed by atoms with Crippen LogP contribution in [0.25, 0.3) is 0 Å². The Morgan fingerprint density at radius 1 is 1.03 bits per heavy atom. The molecule has 1 heterocycles. The molecule has 0 radical (unpaired) electrons. The molecule has 170 valence electrons. The normalized spacial score (nSPS) is 18.8. The van der Waals surface area contributed by atoms with Crippen molar-refractivity contribution in [2.75, 3.05) is 13.1 Å². The molecule has 1 saturated carbocycles. The number of ether oxygens (including phenoxy) is 2. The van der Waals surface area contributed by atoms with Gasteiger partial charge in [-0.3, -0.25) is 0 Å². The van der Waals surface area contributed by atoms with Gasteiger partial charge >= 0.3 is 12.1 Å². The summed E-state index contributed by atoms with van der Waals surface area (Å²) < 4.78 is 11.3. The number of carboxylic acids is 1. The summed E-state index contributed by atoms with van der Waals surface area (Å²) in [6, 6.07) is 15.9. The molecule has 0 spiro atoms. The zero-order valence-electron chi connectivity index (χ0n) is 18.8. The lowest BCUT2D eigenvalue weighted by Crippen LogP contribution is -2.39. The Hall–Kier alpha value is -3.02. The van der Waals surface area contributed by atoms with Gasteiger partial charge in [0.25, 0.3) is 0 Å². The molecular formula is C26H31NO5. The number of hydrogen-bond acceptors (Lipinski definition) is 4. The molecule has 4 rings (SSSR count). The Bertz CT molecular complexity index is 964. The Kier molecular flexibility index (Phi) is 6.40. The molecule has 32 heavy (non-hydrogen) atoms. The van der Waals surface area contributed by atoms with Crippen LogP contribution in [0.5, 0.6) is 5.75 Å². The van der Waals surface area contributed by atoms with E-state index in [1.807, 2.05) is 30.3 Å². The smallest absolute Gasteiger partial charge is 0.410 e. The van der Waals surface area contributed by atoms with Gasteiger partial charge in [-0.1, -0.05) is 36.4 Å². The highest BCUT2D eigenvalue weighted by atomic mass is 16.6. The minimum Gasteiger partial charge on any atom is -0.478 e. The summed E-state index contributed by atoms with van der Waals surface area (Å²) in [5.74, 6) is 0.377. The third-order valence-electron chi connectivity index (χ3n) is 6.29. The van der Waals surface area contributed by atoms with E-state index in [2.05, 4.69) is 12.1 Å². The average molecular weight is 438 g/mol. The fourth-order valence-corrected chi connectivity index (χ4v) is 4.12. The maximum Gasteiger partial charge on any atom is 0.410 e. The van der Waals surface area contributed by atoms with E-state index >= 15 is 0 Å². The summed E-state index contributed by atoms with van der Waals surface area (Å²) in [6.07, 6.45) is 4.10. The van der Waals surface area contributed by atoms with Gasteiger partial charge in [0.1, 0.15) is 12.4 Å². The highest BCUT2D eigenvalue weighted by Crippen LogP contribution is 2.40. The highest BCUT2D eigenvalue weighted by Gasteiger charge is 2.30. The van der Waals surface area contributed by atoms with E-state index in [4.69, 9.17) is 9.47 Å². The van der Waals surface area contributed by atoms with Gasteiger partial charge in [-0.15, -0.1) is 0 Å². The highest BCUT2D eigenvalue weighted by molar-refractivity contribution is 5.76. The van der Waals surface area contributed by atoms with Crippen LogP contribution in [-0.4, -0.2) is 40.8 Å². The lowest BCUT2D eigenvalue weighted by molar-refractivity contribution is -0.152. The van der Waals surface area contributed by atoms with Crippen LogP contribution >= 0.6 is 0 Å². The Morgan fingerprint density at radius 3 is 2.47 bits per heavy atom. The van der Waals surface area contributed by atoms with Crippen LogP contribution in [0, 0.1) is 0 Å². The third-order valence-corrected chi connectivity index (χ3v) is 6.29. The zero-order valence-corrected chi connectivity index (χ0v) is 18.8. The summed E-state index contributed by atoms with van der Waals surface area (Å²) >= 11 is 0. The van der Waals surface area contributed by atoms with Crippen LogP contribution in [0.2, 0.25) is 0 Å². The van der Waals surface area contributed by atoms with Gasteiger partial charge in [-0.25, -0.2) is 9.59 Å². The van der Waals surface area contributed by atoms with Crippen molar-refractivity contribution in [1.82, 2.24) is 4.90 Å². The van der Waals surface area contributed by atoms with Crippen molar-refractivity contribution in [3.05, 3.63) is 65.2 Å². The molecular weight excluding hydrogens is 406 g/mol. The van der Waals surface area contributed by atoms with Crippen molar-refractivity contribution >= 4 is 12.1 Å². The van der Waals surface area contributed by atoms with Crippen molar-refractivity contribution in [3.8, 4) is 5.75 Å². The minimum atomic E-state index is -1.31. The number of nitrogens with zero attached hydrogens (tertiary/aromatic N) is 1.